The number of ether oxygens (including phenoxy) is 1. The average Bonchev–Trinajstić information content (AvgIpc) is 2.87. The van der Waals surface area contributed by atoms with Gasteiger partial charge in [0.25, 0.3) is 0 Å². The molecule has 0 aliphatic rings. The number of benzene rings is 2. The van der Waals surface area contributed by atoms with Crippen LogP contribution in [0.15, 0.2) is 52.9 Å². The van der Waals surface area contributed by atoms with Crippen molar-refractivity contribution < 1.29 is 13.9 Å². The van der Waals surface area contributed by atoms with E-state index in [0.717, 1.165) is 22.1 Å². The summed E-state index contributed by atoms with van der Waals surface area (Å²) >= 11 is 0. The van der Waals surface area contributed by atoms with E-state index >= 15 is 0 Å². The van der Waals surface area contributed by atoms with Gasteiger partial charge in [-0.1, -0.05) is 42.0 Å². The van der Waals surface area contributed by atoms with Gasteiger partial charge < -0.3 is 9.15 Å². The standard InChI is InChI=1S/C18H16O3/c1-3-20-18(19)17-16(13-7-5-4-6-8-13)14-11-12(2)9-10-15(14)21-17/h4-11H,3H2,1-2H3. The molecule has 0 fully saturated rings. The molecule has 0 aliphatic carbocycles. The lowest BCUT2D eigenvalue weighted by atomic mass is 10.0. The van der Waals surface area contributed by atoms with Gasteiger partial charge in [-0.25, -0.2) is 4.79 Å². The van der Waals surface area contributed by atoms with Gasteiger partial charge in [-0.2, -0.15) is 0 Å². The number of hydrogen-bond acceptors (Lipinski definition) is 3. The normalized spacial score (nSPS) is 10.8. The number of esters is 1. The van der Waals surface area contributed by atoms with Crippen molar-refractivity contribution in [2.45, 2.75) is 13.8 Å². The molecule has 0 aliphatic heterocycles. The van der Waals surface area contributed by atoms with Gasteiger partial charge in [0.05, 0.1) is 6.61 Å². The molecular formula is C18H16O3. The van der Waals surface area contributed by atoms with Crippen LogP contribution in [0.2, 0.25) is 0 Å². The largest absolute Gasteiger partial charge is 0.460 e. The SMILES string of the molecule is CCOC(=O)c1oc2ccc(C)cc2c1-c1ccccc1. The summed E-state index contributed by atoms with van der Waals surface area (Å²) in [5.74, 6) is -0.158. The molecular weight excluding hydrogens is 264 g/mol. The van der Waals surface area contributed by atoms with E-state index in [0.29, 0.717) is 12.2 Å². The van der Waals surface area contributed by atoms with E-state index in [9.17, 15) is 4.79 Å². The molecule has 3 rings (SSSR count). The van der Waals surface area contributed by atoms with Crippen LogP contribution in [0.3, 0.4) is 0 Å². The van der Waals surface area contributed by atoms with Crippen LogP contribution in [-0.4, -0.2) is 12.6 Å². The van der Waals surface area contributed by atoms with E-state index < -0.39 is 5.97 Å². The Labute approximate surface area is 123 Å². The molecule has 0 saturated heterocycles. The van der Waals surface area contributed by atoms with Crippen LogP contribution in [0.5, 0.6) is 0 Å². The third-order valence-electron chi connectivity index (χ3n) is 3.37. The molecule has 1 aromatic heterocycles. The fraction of sp³-hybridized carbons (Fsp3) is 0.167. The first kappa shape index (κ1) is 13.4. The number of carbonyl (C=O) groups excluding carboxylic acids is 1. The Morgan fingerprint density at radius 3 is 2.62 bits per heavy atom. The molecule has 106 valence electrons. The first-order chi connectivity index (χ1) is 10.2. The molecule has 0 amide bonds. The van der Waals surface area contributed by atoms with Crippen molar-refractivity contribution in [2.75, 3.05) is 6.61 Å². The van der Waals surface area contributed by atoms with Gasteiger partial charge in [-0.3, -0.25) is 0 Å². The number of carbonyl (C=O) groups is 1. The summed E-state index contributed by atoms with van der Waals surface area (Å²) in [6.45, 7) is 4.13. The highest BCUT2D eigenvalue weighted by Crippen LogP contribution is 2.35. The Morgan fingerprint density at radius 1 is 1.14 bits per heavy atom. The van der Waals surface area contributed by atoms with Gasteiger partial charge in [-0.05, 0) is 31.5 Å². The lowest BCUT2D eigenvalue weighted by Crippen LogP contribution is -2.04. The van der Waals surface area contributed by atoms with Gasteiger partial charge in [0.15, 0.2) is 0 Å². The van der Waals surface area contributed by atoms with Crippen molar-refractivity contribution in [1.29, 1.82) is 0 Å². The predicted octanol–water partition coefficient (Wildman–Crippen LogP) is 4.58. The quantitative estimate of drug-likeness (QED) is 0.659. The van der Waals surface area contributed by atoms with E-state index in [-0.39, 0.29) is 5.76 Å². The molecule has 0 saturated carbocycles. The molecule has 3 nitrogen and oxygen atoms in total. The van der Waals surface area contributed by atoms with Crippen LogP contribution in [-0.2, 0) is 4.74 Å². The Hall–Kier alpha value is -2.55. The van der Waals surface area contributed by atoms with Crippen molar-refractivity contribution in [2.24, 2.45) is 0 Å². The molecule has 0 N–H and O–H groups in total. The molecule has 3 aromatic rings. The summed E-state index contributed by atoms with van der Waals surface area (Å²) in [5.41, 5.74) is 3.57. The van der Waals surface area contributed by atoms with E-state index in [4.69, 9.17) is 9.15 Å². The fourth-order valence-corrected chi connectivity index (χ4v) is 2.44. The number of rotatable bonds is 3. The van der Waals surface area contributed by atoms with Crippen LogP contribution >= 0.6 is 0 Å². The zero-order chi connectivity index (χ0) is 14.8. The number of aryl methyl sites for hydroxylation is 1. The van der Waals surface area contributed by atoms with E-state index in [2.05, 4.69) is 0 Å². The fourth-order valence-electron chi connectivity index (χ4n) is 2.44. The Balaban J connectivity index is 2.29. The first-order valence-corrected chi connectivity index (χ1v) is 6.96. The minimum Gasteiger partial charge on any atom is -0.460 e. The zero-order valence-electron chi connectivity index (χ0n) is 12.1. The van der Waals surface area contributed by atoms with Crippen LogP contribution < -0.4 is 0 Å². The van der Waals surface area contributed by atoms with Gasteiger partial charge in [0, 0.05) is 10.9 Å². The maximum atomic E-state index is 12.2. The lowest BCUT2D eigenvalue weighted by molar-refractivity contribution is 0.0494. The van der Waals surface area contributed by atoms with Crippen LogP contribution in [0.25, 0.3) is 22.1 Å². The maximum Gasteiger partial charge on any atom is 0.374 e. The summed E-state index contributed by atoms with van der Waals surface area (Å²) in [5, 5.41) is 0.934. The number of hydrogen-bond donors (Lipinski definition) is 0. The molecule has 0 unspecified atom stereocenters. The van der Waals surface area contributed by atoms with Crippen molar-refractivity contribution in [1.82, 2.24) is 0 Å². The van der Waals surface area contributed by atoms with Gasteiger partial charge >= 0.3 is 5.97 Å². The van der Waals surface area contributed by atoms with E-state index in [1.54, 1.807) is 6.92 Å². The van der Waals surface area contributed by atoms with E-state index in [1.165, 1.54) is 0 Å². The second-order valence-electron chi connectivity index (χ2n) is 4.89. The summed E-state index contributed by atoms with van der Waals surface area (Å²) < 4.78 is 10.9. The van der Waals surface area contributed by atoms with Crippen molar-refractivity contribution in [3.05, 3.63) is 59.9 Å². The highest BCUT2D eigenvalue weighted by Gasteiger charge is 2.22. The Kier molecular flexibility index (Phi) is 3.48. The Bertz CT molecular complexity index is 785. The predicted molar refractivity (Wildman–Crippen MR) is 82.3 cm³/mol. The minimum atomic E-state index is -0.426. The summed E-state index contributed by atoms with van der Waals surface area (Å²) in [7, 11) is 0. The zero-order valence-corrected chi connectivity index (χ0v) is 12.1. The molecule has 0 radical (unpaired) electrons. The Morgan fingerprint density at radius 2 is 1.90 bits per heavy atom. The van der Waals surface area contributed by atoms with Crippen molar-refractivity contribution in [3.8, 4) is 11.1 Å². The topological polar surface area (TPSA) is 39.4 Å². The molecule has 0 bridgehead atoms. The van der Waals surface area contributed by atoms with Crippen LogP contribution in [0.4, 0.5) is 0 Å². The second kappa shape index (κ2) is 5.44. The van der Waals surface area contributed by atoms with Gasteiger partial charge in [0.2, 0.25) is 5.76 Å². The monoisotopic (exact) mass is 280 g/mol. The third kappa shape index (κ3) is 2.42. The maximum absolute atomic E-state index is 12.2. The summed E-state index contributed by atoms with van der Waals surface area (Å²) in [6, 6.07) is 15.7. The molecule has 1 heterocycles. The highest BCUT2D eigenvalue weighted by atomic mass is 16.5. The highest BCUT2D eigenvalue weighted by molar-refractivity contribution is 6.06. The van der Waals surface area contributed by atoms with Crippen LogP contribution in [0, 0.1) is 6.92 Å². The number of fused-ring (bicyclic) bond motifs is 1. The van der Waals surface area contributed by atoms with Crippen molar-refractivity contribution in [3.63, 3.8) is 0 Å². The van der Waals surface area contributed by atoms with E-state index in [1.807, 2.05) is 55.5 Å². The average molecular weight is 280 g/mol. The molecule has 3 heteroatoms. The first-order valence-electron chi connectivity index (χ1n) is 6.96. The second-order valence-corrected chi connectivity index (χ2v) is 4.89. The lowest BCUT2D eigenvalue weighted by Gasteiger charge is -2.03. The molecule has 0 atom stereocenters. The molecule has 0 spiro atoms. The smallest absolute Gasteiger partial charge is 0.374 e. The minimum absolute atomic E-state index is 0.267. The van der Waals surface area contributed by atoms with Gasteiger partial charge in [0.1, 0.15) is 5.58 Å². The van der Waals surface area contributed by atoms with Crippen molar-refractivity contribution >= 4 is 16.9 Å². The summed E-state index contributed by atoms with van der Waals surface area (Å²) in [6.07, 6.45) is 0. The van der Waals surface area contributed by atoms with Crippen LogP contribution in [0.1, 0.15) is 23.0 Å². The molecule has 21 heavy (non-hydrogen) atoms. The number of furan rings is 1. The molecule has 2 aromatic carbocycles. The van der Waals surface area contributed by atoms with Gasteiger partial charge in [-0.15, -0.1) is 0 Å². The summed E-state index contributed by atoms with van der Waals surface area (Å²) in [4.78, 5) is 12.2. The third-order valence-corrected chi connectivity index (χ3v) is 3.37.